The summed E-state index contributed by atoms with van der Waals surface area (Å²) >= 11 is 0. The Labute approximate surface area is 141 Å². The number of piperidine rings is 1. The van der Waals surface area contributed by atoms with Crippen molar-refractivity contribution in [1.82, 2.24) is 10.6 Å². The van der Waals surface area contributed by atoms with E-state index in [4.69, 9.17) is 0 Å². The zero-order chi connectivity index (χ0) is 16.9. The van der Waals surface area contributed by atoms with Gasteiger partial charge in [0.1, 0.15) is 0 Å². The van der Waals surface area contributed by atoms with Gasteiger partial charge in [-0.15, -0.1) is 0 Å². The first-order valence-electron chi connectivity index (χ1n) is 8.56. The molecule has 1 aliphatic rings. The first-order chi connectivity index (χ1) is 10.8. The second-order valence-electron chi connectivity index (χ2n) is 7.43. The molecule has 1 heterocycles. The second-order valence-corrected chi connectivity index (χ2v) is 9.53. The fourth-order valence-electron chi connectivity index (χ4n) is 2.87. The minimum absolute atomic E-state index is 0.0427. The van der Waals surface area contributed by atoms with Gasteiger partial charge in [0.25, 0.3) is 0 Å². The number of hydrogen-bond acceptors (Lipinski definition) is 4. The molecule has 0 unspecified atom stereocenters. The van der Waals surface area contributed by atoms with Crippen molar-refractivity contribution in [1.29, 1.82) is 0 Å². The predicted octanol–water partition coefficient (Wildman–Crippen LogP) is 2.49. The third-order valence-electron chi connectivity index (χ3n) is 4.44. The Morgan fingerprint density at radius 2 is 1.74 bits per heavy atom. The van der Waals surface area contributed by atoms with Crippen LogP contribution in [0.4, 0.5) is 0 Å². The standard InChI is InChI=1S/C18H30N2O2S/c1-18(2,3)15-5-7-17(8-6-15)23(21,22)14-4-11-20-16-9-12-19-13-10-16/h5-8,16,19-20H,4,9-14H2,1-3H3. The maximum absolute atomic E-state index is 12.4. The third kappa shape index (κ3) is 5.59. The zero-order valence-corrected chi connectivity index (χ0v) is 15.4. The van der Waals surface area contributed by atoms with Crippen LogP contribution in [0, 0.1) is 0 Å². The molecule has 0 aromatic heterocycles. The summed E-state index contributed by atoms with van der Waals surface area (Å²) in [4.78, 5) is 0.437. The SMILES string of the molecule is CC(C)(C)c1ccc(S(=O)(=O)CCCNC2CCNCC2)cc1. The number of hydrogen-bond donors (Lipinski definition) is 2. The van der Waals surface area contributed by atoms with Crippen molar-refractivity contribution >= 4 is 9.84 Å². The van der Waals surface area contributed by atoms with E-state index in [-0.39, 0.29) is 11.2 Å². The first kappa shape index (κ1) is 18.4. The molecule has 0 bridgehead atoms. The number of benzene rings is 1. The molecule has 1 fully saturated rings. The van der Waals surface area contributed by atoms with E-state index < -0.39 is 9.84 Å². The van der Waals surface area contributed by atoms with Crippen LogP contribution in [0.2, 0.25) is 0 Å². The van der Waals surface area contributed by atoms with Crippen LogP contribution in [-0.4, -0.2) is 39.8 Å². The predicted molar refractivity (Wildman–Crippen MR) is 95.7 cm³/mol. The van der Waals surface area contributed by atoms with Gasteiger partial charge in [0.2, 0.25) is 0 Å². The molecule has 1 aromatic carbocycles. The Morgan fingerprint density at radius 1 is 1.13 bits per heavy atom. The molecule has 0 atom stereocenters. The van der Waals surface area contributed by atoms with Crippen molar-refractivity contribution < 1.29 is 8.42 Å². The molecule has 0 radical (unpaired) electrons. The topological polar surface area (TPSA) is 58.2 Å². The molecule has 1 saturated heterocycles. The summed E-state index contributed by atoms with van der Waals surface area (Å²) in [5.41, 5.74) is 1.20. The molecule has 0 spiro atoms. The highest BCUT2D eigenvalue weighted by Gasteiger charge is 2.18. The van der Waals surface area contributed by atoms with Crippen LogP contribution in [0.15, 0.2) is 29.2 Å². The van der Waals surface area contributed by atoms with Crippen molar-refractivity contribution in [3.05, 3.63) is 29.8 Å². The van der Waals surface area contributed by atoms with Gasteiger partial charge in [-0.2, -0.15) is 0 Å². The Kier molecular flexibility index (Phi) is 6.23. The molecular weight excluding hydrogens is 308 g/mol. The lowest BCUT2D eigenvalue weighted by atomic mass is 9.87. The molecule has 23 heavy (non-hydrogen) atoms. The maximum atomic E-state index is 12.4. The van der Waals surface area contributed by atoms with Crippen LogP contribution in [0.3, 0.4) is 0 Å². The fourth-order valence-corrected chi connectivity index (χ4v) is 4.19. The van der Waals surface area contributed by atoms with E-state index in [1.807, 2.05) is 12.1 Å². The minimum atomic E-state index is -3.18. The molecule has 4 nitrogen and oxygen atoms in total. The monoisotopic (exact) mass is 338 g/mol. The quantitative estimate of drug-likeness (QED) is 0.783. The molecular formula is C18H30N2O2S. The molecule has 130 valence electrons. The van der Waals surface area contributed by atoms with Crippen LogP contribution >= 0.6 is 0 Å². The van der Waals surface area contributed by atoms with E-state index in [0.717, 1.165) is 38.0 Å². The van der Waals surface area contributed by atoms with E-state index in [1.54, 1.807) is 12.1 Å². The van der Waals surface area contributed by atoms with E-state index in [9.17, 15) is 8.42 Å². The van der Waals surface area contributed by atoms with Gasteiger partial charge in [-0.1, -0.05) is 32.9 Å². The lowest BCUT2D eigenvalue weighted by Gasteiger charge is -2.23. The smallest absolute Gasteiger partial charge is 0.178 e. The zero-order valence-electron chi connectivity index (χ0n) is 14.6. The highest BCUT2D eigenvalue weighted by Crippen LogP contribution is 2.23. The molecule has 1 aromatic rings. The highest BCUT2D eigenvalue weighted by molar-refractivity contribution is 7.91. The van der Waals surface area contributed by atoms with Crippen molar-refractivity contribution in [2.24, 2.45) is 0 Å². The summed E-state index contributed by atoms with van der Waals surface area (Å²) in [5.74, 6) is 0.208. The molecule has 0 aliphatic carbocycles. The van der Waals surface area contributed by atoms with Crippen molar-refractivity contribution in [2.75, 3.05) is 25.4 Å². The molecule has 2 N–H and O–H groups in total. The minimum Gasteiger partial charge on any atom is -0.317 e. The third-order valence-corrected chi connectivity index (χ3v) is 6.26. The largest absolute Gasteiger partial charge is 0.317 e. The van der Waals surface area contributed by atoms with Crippen LogP contribution in [0.5, 0.6) is 0 Å². The van der Waals surface area contributed by atoms with Crippen LogP contribution in [-0.2, 0) is 15.3 Å². The summed E-state index contributed by atoms with van der Waals surface area (Å²) in [6.07, 6.45) is 2.91. The van der Waals surface area contributed by atoms with Gasteiger partial charge in [0, 0.05) is 6.04 Å². The van der Waals surface area contributed by atoms with Crippen LogP contribution in [0.1, 0.15) is 45.6 Å². The van der Waals surface area contributed by atoms with Crippen molar-refractivity contribution in [2.45, 2.75) is 56.4 Å². The highest BCUT2D eigenvalue weighted by atomic mass is 32.2. The van der Waals surface area contributed by atoms with E-state index >= 15 is 0 Å². The van der Waals surface area contributed by atoms with E-state index in [2.05, 4.69) is 31.4 Å². The average molecular weight is 339 g/mol. The van der Waals surface area contributed by atoms with Gasteiger partial charge in [-0.05, 0) is 62.0 Å². The van der Waals surface area contributed by atoms with Gasteiger partial charge >= 0.3 is 0 Å². The second kappa shape index (κ2) is 7.77. The lowest BCUT2D eigenvalue weighted by molar-refractivity contribution is 0.388. The van der Waals surface area contributed by atoms with Gasteiger partial charge in [-0.25, -0.2) is 8.42 Å². The number of nitrogens with one attached hydrogen (secondary N) is 2. The van der Waals surface area contributed by atoms with Gasteiger partial charge < -0.3 is 10.6 Å². The van der Waals surface area contributed by atoms with Crippen molar-refractivity contribution in [3.8, 4) is 0 Å². The normalized spacial score (nSPS) is 17.3. The number of rotatable bonds is 6. The van der Waals surface area contributed by atoms with Gasteiger partial charge in [-0.3, -0.25) is 0 Å². The lowest BCUT2D eigenvalue weighted by Crippen LogP contribution is -2.40. The summed E-state index contributed by atoms with van der Waals surface area (Å²) in [7, 11) is -3.18. The van der Waals surface area contributed by atoms with Crippen molar-refractivity contribution in [3.63, 3.8) is 0 Å². The Hall–Kier alpha value is -0.910. The van der Waals surface area contributed by atoms with Gasteiger partial charge in [0.15, 0.2) is 9.84 Å². The first-order valence-corrected chi connectivity index (χ1v) is 10.2. The summed E-state index contributed by atoms with van der Waals surface area (Å²) < 4.78 is 24.8. The summed E-state index contributed by atoms with van der Waals surface area (Å²) in [6.45, 7) is 9.25. The van der Waals surface area contributed by atoms with Crippen LogP contribution < -0.4 is 10.6 Å². The Bertz CT molecular complexity index is 582. The van der Waals surface area contributed by atoms with Crippen LogP contribution in [0.25, 0.3) is 0 Å². The van der Waals surface area contributed by atoms with Gasteiger partial charge in [0.05, 0.1) is 10.6 Å². The summed E-state index contributed by atoms with van der Waals surface area (Å²) in [5, 5.41) is 6.80. The molecule has 5 heteroatoms. The molecule has 0 saturated carbocycles. The Morgan fingerprint density at radius 3 is 2.30 bits per heavy atom. The summed E-state index contributed by atoms with van der Waals surface area (Å²) in [6, 6.07) is 7.89. The molecule has 0 amide bonds. The van der Waals surface area contributed by atoms with E-state index in [0.29, 0.717) is 17.4 Å². The number of sulfone groups is 1. The fraction of sp³-hybridized carbons (Fsp3) is 0.667. The maximum Gasteiger partial charge on any atom is 0.178 e. The average Bonchev–Trinajstić information content (AvgIpc) is 2.52. The Balaban J connectivity index is 1.83. The molecule has 1 aliphatic heterocycles. The molecule has 2 rings (SSSR count). The van der Waals surface area contributed by atoms with E-state index in [1.165, 1.54) is 0 Å².